The smallest absolute Gasteiger partial charge is 0.306 e. The van der Waals surface area contributed by atoms with Crippen molar-refractivity contribution < 1.29 is 24.5 Å². The molecule has 0 rings (SSSR count). The lowest BCUT2D eigenvalue weighted by atomic mass is 10.0. The summed E-state index contributed by atoms with van der Waals surface area (Å²) in [5, 5.41) is 23.7. The highest BCUT2D eigenvalue weighted by Gasteiger charge is 2.24. The molecule has 0 aromatic rings. The summed E-state index contributed by atoms with van der Waals surface area (Å²) in [4.78, 5) is 26.0. The van der Waals surface area contributed by atoms with Crippen molar-refractivity contribution >= 4 is 11.9 Å². The van der Waals surface area contributed by atoms with Crippen LogP contribution in [-0.4, -0.2) is 46.9 Å². The van der Waals surface area contributed by atoms with Gasteiger partial charge in [0.05, 0.1) is 25.2 Å². The minimum atomic E-state index is -0.792. The van der Waals surface area contributed by atoms with Crippen molar-refractivity contribution in [1.82, 2.24) is 5.32 Å². The molecule has 0 saturated heterocycles. The molecule has 0 spiro atoms. The lowest BCUT2D eigenvalue weighted by molar-refractivity contribution is -0.151. The van der Waals surface area contributed by atoms with Crippen LogP contribution < -0.4 is 5.32 Å². The molecule has 0 heterocycles. The number of unbranched alkanes of at least 4 members (excludes halogenated alkanes) is 26. The van der Waals surface area contributed by atoms with Gasteiger partial charge in [-0.2, -0.15) is 0 Å². The molecule has 0 aromatic carbocycles. The quantitative estimate of drug-likeness (QED) is 0.0246. The van der Waals surface area contributed by atoms with Gasteiger partial charge in [0.25, 0.3) is 0 Å². The predicted molar refractivity (Wildman–Crippen MR) is 250 cm³/mol. The zero-order valence-electron chi connectivity index (χ0n) is 38.4. The molecule has 6 nitrogen and oxygen atoms in total. The number of amides is 1. The van der Waals surface area contributed by atoms with Gasteiger partial charge in [0.1, 0.15) is 6.10 Å². The molecule has 0 radical (unpaired) electrons. The molecule has 3 unspecified atom stereocenters. The van der Waals surface area contributed by atoms with Gasteiger partial charge in [-0.1, -0.05) is 211 Å². The van der Waals surface area contributed by atoms with E-state index >= 15 is 0 Å². The van der Waals surface area contributed by atoms with Crippen molar-refractivity contribution in [2.24, 2.45) is 0 Å². The van der Waals surface area contributed by atoms with Gasteiger partial charge in [-0.05, 0) is 70.6 Å². The number of hydrogen-bond donors (Lipinski definition) is 3. The van der Waals surface area contributed by atoms with E-state index in [1.807, 2.05) is 0 Å². The highest BCUT2D eigenvalue weighted by atomic mass is 16.5. The third-order valence-corrected chi connectivity index (χ3v) is 11.2. The molecule has 0 aromatic heterocycles. The van der Waals surface area contributed by atoms with Crippen LogP contribution in [-0.2, 0) is 14.3 Å². The zero-order valence-corrected chi connectivity index (χ0v) is 38.4. The number of carbonyl (C=O) groups is 2. The molecule has 0 aliphatic rings. The van der Waals surface area contributed by atoms with E-state index < -0.39 is 18.2 Å². The summed E-state index contributed by atoms with van der Waals surface area (Å²) in [6.07, 6.45) is 54.6. The molecular formula is C52H95NO5. The average molecular weight is 814 g/mol. The van der Waals surface area contributed by atoms with Crippen LogP contribution in [0.2, 0.25) is 0 Å². The van der Waals surface area contributed by atoms with E-state index in [4.69, 9.17) is 4.74 Å². The Morgan fingerprint density at radius 2 is 0.948 bits per heavy atom. The second-order valence-corrected chi connectivity index (χ2v) is 16.9. The number of nitrogens with one attached hydrogen (secondary N) is 1. The molecule has 1 amide bonds. The van der Waals surface area contributed by atoms with Gasteiger partial charge in [-0.25, -0.2) is 0 Å². The molecule has 0 fully saturated rings. The third kappa shape index (κ3) is 40.6. The maximum atomic E-state index is 13.2. The maximum absolute atomic E-state index is 13.2. The van der Waals surface area contributed by atoms with E-state index in [0.717, 1.165) is 83.5 Å². The molecule has 6 heteroatoms. The Morgan fingerprint density at radius 1 is 0.517 bits per heavy atom. The molecule has 0 bridgehead atoms. The maximum Gasteiger partial charge on any atom is 0.306 e. The molecule has 3 atom stereocenters. The van der Waals surface area contributed by atoms with E-state index in [9.17, 15) is 19.8 Å². The van der Waals surface area contributed by atoms with E-state index in [1.54, 1.807) is 0 Å². The predicted octanol–water partition coefficient (Wildman–Crippen LogP) is 14.7. The first-order chi connectivity index (χ1) is 28.5. The lowest BCUT2D eigenvalue weighted by Crippen LogP contribution is -2.46. The Bertz CT molecular complexity index is 1000. The van der Waals surface area contributed by atoms with E-state index in [-0.39, 0.29) is 24.9 Å². The van der Waals surface area contributed by atoms with Crippen molar-refractivity contribution in [3.05, 3.63) is 48.6 Å². The van der Waals surface area contributed by atoms with Gasteiger partial charge < -0.3 is 20.3 Å². The van der Waals surface area contributed by atoms with Gasteiger partial charge >= 0.3 is 5.97 Å². The number of ether oxygens (including phenoxy) is 1. The second-order valence-electron chi connectivity index (χ2n) is 16.9. The molecular weight excluding hydrogens is 719 g/mol. The van der Waals surface area contributed by atoms with E-state index in [0.29, 0.717) is 19.3 Å². The number of aliphatic hydroxyl groups is 2. The van der Waals surface area contributed by atoms with E-state index in [1.165, 1.54) is 116 Å². The van der Waals surface area contributed by atoms with Gasteiger partial charge in [-0.15, -0.1) is 0 Å². The number of carbonyl (C=O) groups excluding carboxylic acids is 2. The van der Waals surface area contributed by atoms with Crippen molar-refractivity contribution in [2.75, 3.05) is 6.61 Å². The van der Waals surface area contributed by atoms with Crippen LogP contribution in [0, 0.1) is 0 Å². The lowest BCUT2D eigenvalue weighted by Gasteiger charge is -2.24. The minimum absolute atomic E-state index is 0.0620. The van der Waals surface area contributed by atoms with Gasteiger partial charge in [0.2, 0.25) is 5.91 Å². The Labute approximate surface area is 359 Å². The first kappa shape index (κ1) is 55.8. The van der Waals surface area contributed by atoms with Gasteiger partial charge in [-0.3, -0.25) is 9.59 Å². The summed E-state index contributed by atoms with van der Waals surface area (Å²) in [6.45, 7) is 6.32. The summed E-state index contributed by atoms with van der Waals surface area (Å²) in [7, 11) is 0. The molecule has 0 saturated carbocycles. The first-order valence-electron chi connectivity index (χ1n) is 24.9. The first-order valence-corrected chi connectivity index (χ1v) is 24.9. The molecule has 3 N–H and O–H groups in total. The van der Waals surface area contributed by atoms with Crippen molar-refractivity contribution in [3.8, 4) is 0 Å². The van der Waals surface area contributed by atoms with E-state index in [2.05, 4.69) is 74.7 Å². The second kappa shape index (κ2) is 45.9. The van der Waals surface area contributed by atoms with Crippen LogP contribution in [0.5, 0.6) is 0 Å². The normalized spacial score (nSPS) is 13.7. The third-order valence-electron chi connectivity index (χ3n) is 11.2. The summed E-state index contributed by atoms with van der Waals surface area (Å²) in [6, 6.07) is -0.707. The van der Waals surface area contributed by atoms with Gasteiger partial charge in [0.15, 0.2) is 0 Å². The van der Waals surface area contributed by atoms with Crippen LogP contribution in [0.4, 0.5) is 0 Å². The molecule has 0 aliphatic heterocycles. The van der Waals surface area contributed by atoms with Crippen LogP contribution in [0.25, 0.3) is 0 Å². The van der Waals surface area contributed by atoms with Crippen molar-refractivity contribution in [3.63, 3.8) is 0 Å². The van der Waals surface area contributed by atoms with Crippen LogP contribution in [0.15, 0.2) is 48.6 Å². The fourth-order valence-corrected chi connectivity index (χ4v) is 7.42. The molecule has 338 valence electrons. The Balaban J connectivity index is 4.53. The highest BCUT2D eigenvalue weighted by molar-refractivity contribution is 5.77. The summed E-state index contributed by atoms with van der Waals surface area (Å²) in [5.74, 6) is -0.502. The van der Waals surface area contributed by atoms with Crippen molar-refractivity contribution in [1.29, 1.82) is 0 Å². The number of aliphatic hydroxyl groups excluding tert-OH is 2. The number of hydrogen-bond acceptors (Lipinski definition) is 5. The zero-order chi connectivity index (χ0) is 42.4. The summed E-state index contributed by atoms with van der Waals surface area (Å²) >= 11 is 0. The molecule has 0 aliphatic carbocycles. The largest absolute Gasteiger partial charge is 0.462 e. The SMILES string of the molecule is CC/C=C/C=C/C=C/CCCCCCCCCC(=O)OC(CCCCC/C=C\CCCCC)CC(=O)NC(CO)C(O)CCCCCCCCCCCCCCCC. The number of allylic oxidation sites excluding steroid dienone is 8. The topological polar surface area (TPSA) is 95.9 Å². The highest BCUT2D eigenvalue weighted by Crippen LogP contribution is 2.17. The van der Waals surface area contributed by atoms with Crippen molar-refractivity contribution in [2.45, 2.75) is 264 Å². The van der Waals surface area contributed by atoms with Gasteiger partial charge in [0, 0.05) is 6.42 Å². The summed E-state index contributed by atoms with van der Waals surface area (Å²) in [5.41, 5.74) is 0. The Morgan fingerprint density at radius 3 is 1.50 bits per heavy atom. The fourth-order valence-electron chi connectivity index (χ4n) is 7.42. The number of rotatable bonds is 44. The van der Waals surface area contributed by atoms with Crippen LogP contribution >= 0.6 is 0 Å². The number of esters is 1. The van der Waals surface area contributed by atoms with Crippen LogP contribution in [0.1, 0.15) is 245 Å². The minimum Gasteiger partial charge on any atom is -0.462 e. The molecule has 58 heavy (non-hydrogen) atoms. The fraction of sp³-hybridized carbons (Fsp3) is 0.808. The Hall–Kier alpha value is -2.18. The standard InChI is InChI=1S/C52H95NO5/c1-4-7-10-13-16-19-22-24-26-28-30-33-36-39-42-45-52(57)58-48(43-40-37-34-31-21-18-15-12-9-6-3)46-51(56)53-49(47-54)50(55)44-41-38-35-32-29-27-25-23-20-17-14-11-8-5-2/h7,10,13,16,18-19,21-22,48-50,54-55H,4-6,8-9,11-12,14-15,17,20,23-47H2,1-3H3,(H,53,56)/b10-7+,16-13+,21-18-,22-19+. The monoisotopic (exact) mass is 814 g/mol. The van der Waals surface area contributed by atoms with Crippen LogP contribution in [0.3, 0.4) is 0 Å². The average Bonchev–Trinajstić information content (AvgIpc) is 3.22. The Kier molecular flexibility index (Phi) is 44.2. The summed E-state index contributed by atoms with van der Waals surface area (Å²) < 4.78 is 5.90.